The molecule has 0 amide bonds. The summed E-state index contributed by atoms with van der Waals surface area (Å²) < 4.78 is 18.9. The molecule has 1 heterocycles. The molecule has 1 aromatic heterocycles. The highest BCUT2D eigenvalue weighted by Crippen LogP contribution is 2.22. The number of hydrogen-bond donors (Lipinski definition) is 0. The second kappa shape index (κ2) is 5.61. The van der Waals surface area contributed by atoms with Crippen LogP contribution in [0.2, 0.25) is 0 Å². The minimum absolute atomic E-state index is 0.301. The molecule has 18 heavy (non-hydrogen) atoms. The standard InChI is InChI=1S/C13H8BrFN2O/c14-12-6-11(1-2-13(12)15)18-8-9-3-4-17-10(5-9)7-16/h1-6H,8H2. The van der Waals surface area contributed by atoms with Gasteiger partial charge in [-0.15, -0.1) is 0 Å². The Balaban J connectivity index is 2.07. The van der Waals surface area contributed by atoms with Crippen LogP contribution in [0.15, 0.2) is 41.0 Å². The Morgan fingerprint density at radius 1 is 1.33 bits per heavy atom. The van der Waals surface area contributed by atoms with Crippen LogP contribution in [0.3, 0.4) is 0 Å². The van der Waals surface area contributed by atoms with Crippen LogP contribution < -0.4 is 4.74 Å². The second-order valence-electron chi connectivity index (χ2n) is 3.53. The summed E-state index contributed by atoms with van der Waals surface area (Å²) in [5, 5.41) is 8.71. The molecular weight excluding hydrogens is 299 g/mol. The largest absolute Gasteiger partial charge is 0.489 e. The lowest BCUT2D eigenvalue weighted by atomic mass is 10.2. The number of pyridine rings is 1. The van der Waals surface area contributed by atoms with E-state index in [1.54, 1.807) is 30.5 Å². The van der Waals surface area contributed by atoms with Crippen molar-refractivity contribution in [2.24, 2.45) is 0 Å². The molecule has 0 unspecified atom stereocenters. The van der Waals surface area contributed by atoms with Crippen LogP contribution in [-0.4, -0.2) is 4.98 Å². The Bertz CT molecular complexity index is 610. The molecule has 0 saturated carbocycles. The van der Waals surface area contributed by atoms with Gasteiger partial charge in [-0.2, -0.15) is 5.26 Å². The van der Waals surface area contributed by atoms with Crippen LogP contribution in [0, 0.1) is 17.1 Å². The fourth-order valence-electron chi connectivity index (χ4n) is 1.36. The molecule has 0 aliphatic carbocycles. The normalized spacial score (nSPS) is 9.83. The molecule has 90 valence electrons. The van der Waals surface area contributed by atoms with Crippen molar-refractivity contribution in [2.45, 2.75) is 6.61 Å². The van der Waals surface area contributed by atoms with Gasteiger partial charge in [-0.3, -0.25) is 0 Å². The van der Waals surface area contributed by atoms with Crippen molar-refractivity contribution < 1.29 is 9.13 Å². The molecule has 1 aromatic carbocycles. The molecule has 3 nitrogen and oxygen atoms in total. The summed E-state index contributed by atoms with van der Waals surface area (Å²) in [6, 6.07) is 9.80. The molecule has 2 rings (SSSR count). The minimum Gasteiger partial charge on any atom is -0.489 e. The number of rotatable bonds is 3. The van der Waals surface area contributed by atoms with E-state index >= 15 is 0 Å². The highest BCUT2D eigenvalue weighted by Gasteiger charge is 2.02. The maximum absolute atomic E-state index is 13.0. The van der Waals surface area contributed by atoms with Crippen LogP contribution in [0.4, 0.5) is 4.39 Å². The van der Waals surface area contributed by atoms with E-state index in [0.29, 0.717) is 22.5 Å². The first-order valence-electron chi connectivity index (χ1n) is 5.12. The van der Waals surface area contributed by atoms with E-state index in [2.05, 4.69) is 20.9 Å². The van der Waals surface area contributed by atoms with Gasteiger partial charge in [0.25, 0.3) is 0 Å². The summed E-state index contributed by atoms with van der Waals surface area (Å²) in [6.07, 6.45) is 1.55. The highest BCUT2D eigenvalue weighted by atomic mass is 79.9. The second-order valence-corrected chi connectivity index (χ2v) is 4.38. The van der Waals surface area contributed by atoms with Gasteiger partial charge >= 0.3 is 0 Å². The molecule has 0 aliphatic rings. The van der Waals surface area contributed by atoms with Crippen molar-refractivity contribution in [3.63, 3.8) is 0 Å². The van der Waals surface area contributed by atoms with Crippen molar-refractivity contribution >= 4 is 15.9 Å². The number of hydrogen-bond acceptors (Lipinski definition) is 3. The number of nitriles is 1. The summed E-state index contributed by atoms with van der Waals surface area (Å²) in [5.74, 6) is 0.219. The number of benzene rings is 1. The summed E-state index contributed by atoms with van der Waals surface area (Å²) in [6.45, 7) is 0.301. The van der Waals surface area contributed by atoms with Crippen molar-refractivity contribution in [3.05, 3.63) is 58.1 Å². The van der Waals surface area contributed by atoms with Crippen molar-refractivity contribution in [3.8, 4) is 11.8 Å². The summed E-state index contributed by atoms with van der Waals surface area (Å²) in [5.41, 5.74) is 1.18. The van der Waals surface area contributed by atoms with Gasteiger partial charge in [0.2, 0.25) is 0 Å². The lowest BCUT2D eigenvalue weighted by molar-refractivity contribution is 0.305. The van der Waals surface area contributed by atoms with Gasteiger partial charge in [0.15, 0.2) is 0 Å². The van der Waals surface area contributed by atoms with Crippen LogP contribution in [0.5, 0.6) is 5.75 Å². The lowest BCUT2D eigenvalue weighted by Gasteiger charge is -2.07. The molecule has 0 N–H and O–H groups in total. The predicted octanol–water partition coefficient (Wildman–Crippen LogP) is 3.43. The monoisotopic (exact) mass is 306 g/mol. The highest BCUT2D eigenvalue weighted by molar-refractivity contribution is 9.10. The van der Waals surface area contributed by atoms with E-state index in [1.165, 1.54) is 6.07 Å². The Hall–Kier alpha value is -1.93. The number of nitrogens with zero attached hydrogens (tertiary/aromatic N) is 2. The molecule has 5 heteroatoms. The van der Waals surface area contributed by atoms with Crippen molar-refractivity contribution in [1.82, 2.24) is 4.98 Å². The third kappa shape index (κ3) is 3.05. The lowest BCUT2D eigenvalue weighted by Crippen LogP contribution is -1.97. The van der Waals surface area contributed by atoms with Crippen LogP contribution >= 0.6 is 15.9 Å². The number of aromatic nitrogens is 1. The van der Waals surface area contributed by atoms with Crippen LogP contribution in [-0.2, 0) is 6.61 Å². The zero-order chi connectivity index (χ0) is 13.0. The smallest absolute Gasteiger partial charge is 0.140 e. The molecule has 0 radical (unpaired) electrons. The molecule has 0 bridgehead atoms. The molecular formula is C13H8BrFN2O. The van der Waals surface area contributed by atoms with E-state index in [4.69, 9.17) is 10.00 Å². The van der Waals surface area contributed by atoms with E-state index in [1.807, 2.05) is 6.07 Å². The zero-order valence-electron chi connectivity index (χ0n) is 9.23. The summed E-state index contributed by atoms with van der Waals surface area (Å²) in [7, 11) is 0. The van der Waals surface area contributed by atoms with Crippen LogP contribution in [0.1, 0.15) is 11.3 Å². The molecule has 0 aliphatic heterocycles. The Morgan fingerprint density at radius 3 is 2.89 bits per heavy atom. The van der Waals surface area contributed by atoms with E-state index in [-0.39, 0.29) is 5.82 Å². The first kappa shape index (κ1) is 12.5. The SMILES string of the molecule is N#Cc1cc(COc2ccc(F)c(Br)c2)ccn1. The fraction of sp³-hybridized carbons (Fsp3) is 0.0769. The molecule has 0 spiro atoms. The first-order valence-corrected chi connectivity index (χ1v) is 5.91. The minimum atomic E-state index is -0.335. The van der Waals surface area contributed by atoms with E-state index < -0.39 is 0 Å². The third-order valence-corrected chi connectivity index (χ3v) is 2.84. The summed E-state index contributed by atoms with van der Waals surface area (Å²) >= 11 is 3.09. The fourth-order valence-corrected chi connectivity index (χ4v) is 1.72. The Labute approximate surface area is 112 Å². The van der Waals surface area contributed by atoms with Gasteiger partial charge in [0, 0.05) is 6.20 Å². The quantitative estimate of drug-likeness (QED) is 0.872. The molecule has 0 saturated heterocycles. The van der Waals surface area contributed by atoms with Crippen molar-refractivity contribution in [1.29, 1.82) is 5.26 Å². The van der Waals surface area contributed by atoms with Gasteiger partial charge in [-0.05, 0) is 51.8 Å². The Morgan fingerprint density at radius 2 is 2.17 bits per heavy atom. The zero-order valence-corrected chi connectivity index (χ0v) is 10.8. The van der Waals surface area contributed by atoms with Gasteiger partial charge in [-0.1, -0.05) is 0 Å². The van der Waals surface area contributed by atoms with Gasteiger partial charge in [-0.25, -0.2) is 9.37 Å². The number of halogens is 2. The predicted molar refractivity (Wildman–Crippen MR) is 67.4 cm³/mol. The first-order chi connectivity index (χ1) is 8.69. The average molecular weight is 307 g/mol. The van der Waals surface area contributed by atoms with Gasteiger partial charge < -0.3 is 4.74 Å². The summed E-state index contributed by atoms with van der Waals surface area (Å²) in [4.78, 5) is 3.86. The molecule has 0 atom stereocenters. The van der Waals surface area contributed by atoms with Crippen LogP contribution in [0.25, 0.3) is 0 Å². The average Bonchev–Trinajstić information content (AvgIpc) is 2.40. The third-order valence-electron chi connectivity index (χ3n) is 2.24. The molecule has 2 aromatic rings. The maximum Gasteiger partial charge on any atom is 0.140 e. The maximum atomic E-state index is 13.0. The number of ether oxygens (including phenoxy) is 1. The van der Waals surface area contributed by atoms with Gasteiger partial charge in [0.05, 0.1) is 4.47 Å². The van der Waals surface area contributed by atoms with E-state index in [0.717, 1.165) is 5.56 Å². The molecule has 0 fully saturated rings. The van der Waals surface area contributed by atoms with Gasteiger partial charge in [0.1, 0.15) is 29.9 Å². The topological polar surface area (TPSA) is 45.9 Å². The Kier molecular flexibility index (Phi) is 3.90. The van der Waals surface area contributed by atoms with Crippen molar-refractivity contribution in [2.75, 3.05) is 0 Å². The van der Waals surface area contributed by atoms with E-state index in [9.17, 15) is 4.39 Å².